The molecule has 0 spiro atoms. The predicted molar refractivity (Wildman–Crippen MR) is 137 cm³/mol. The number of hydrogen-bond acceptors (Lipinski definition) is 5. The number of fused-ring (bicyclic) bond motifs is 1. The minimum absolute atomic E-state index is 0.0249. The van der Waals surface area contributed by atoms with Crippen LogP contribution in [0.5, 0.6) is 0 Å². The number of hydrogen-bond donors (Lipinski definition) is 1. The SMILES string of the molecule is Cc1cccc(N2CCN(CCCNC(=O)CCn3c(=O)c(C)nc4ccccc43)CC2C)c1. The Morgan fingerprint density at radius 3 is 2.71 bits per heavy atom. The molecule has 2 heterocycles. The van der Waals surface area contributed by atoms with Crippen molar-refractivity contribution in [2.75, 3.05) is 37.6 Å². The van der Waals surface area contributed by atoms with Crippen LogP contribution in [0.15, 0.2) is 53.3 Å². The zero-order chi connectivity index (χ0) is 24.1. The monoisotopic (exact) mass is 461 g/mol. The number of anilines is 1. The van der Waals surface area contributed by atoms with E-state index < -0.39 is 0 Å². The van der Waals surface area contributed by atoms with Crippen LogP contribution in [0, 0.1) is 13.8 Å². The topological polar surface area (TPSA) is 70.5 Å². The Morgan fingerprint density at radius 2 is 1.91 bits per heavy atom. The summed E-state index contributed by atoms with van der Waals surface area (Å²) in [6, 6.07) is 16.7. The number of piperazine rings is 1. The Labute approximate surface area is 201 Å². The Bertz CT molecular complexity index is 1210. The summed E-state index contributed by atoms with van der Waals surface area (Å²) < 4.78 is 1.66. The number of aryl methyl sites for hydroxylation is 3. The second-order valence-electron chi connectivity index (χ2n) is 9.28. The molecule has 7 nitrogen and oxygen atoms in total. The molecule has 1 atom stereocenters. The van der Waals surface area contributed by atoms with Gasteiger partial charge in [-0.25, -0.2) is 4.98 Å². The van der Waals surface area contributed by atoms with Crippen molar-refractivity contribution in [3.8, 4) is 0 Å². The fourth-order valence-corrected chi connectivity index (χ4v) is 4.80. The van der Waals surface area contributed by atoms with Gasteiger partial charge in [0.1, 0.15) is 5.69 Å². The number of carbonyl (C=O) groups is 1. The summed E-state index contributed by atoms with van der Waals surface area (Å²) in [5.41, 5.74) is 4.46. The first kappa shape index (κ1) is 24.0. The van der Waals surface area contributed by atoms with E-state index in [0.717, 1.165) is 43.6 Å². The lowest BCUT2D eigenvalue weighted by Crippen LogP contribution is -2.52. The fourth-order valence-electron chi connectivity index (χ4n) is 4.80. The fraction of sp³-hybridized carbons (Fsp3) is 0.444. The summed E-state index contributed by atoms with van der Waals surface area (Å²) in [5.74, 6) is -0.0249. The number of para-hydroxylation sites is 2. The summed E-state index contributed by atoms with van der Waals surface area (Å²) in [5, 5.41) is 3.02. The van der Waals surface area contributed by atoms with Gasteiger partial charge in [-0.1, -0.05) is 24.3 Å². The normalized spacial score (nSPS) is 16.7. The van der Waals surface area contributed by atoms with E-state index in [4.69, 9.17) is 0 Å². The van der Waals surface area contributed by atoms with Crippen LogP contribution in [0.1, 0.15) is 31.0 Å². The van der Waals surface area contributed by atoms with Gasteiger partial charge in [0, 0.05) is 50.9 Å². The van der Waals surface area contributed by atoms with Crippen molar-refractivity contribution in [3.05, 3.63) is 70.1 Å². The van der Waals surface area contributed by atoms with Gasteiger partial charge in [-0.05, 0) is 63.6 Å². The first-order valence-electron chi connectivity index (χ1n) is 12.2. The standard InChI is InChI=1S/C27H35N5O2/c1-20-8-6-9-23(18-20)31-17-16-30(19-21(31)2)14-7-13-28-26(33)12-15-32-25-11-5-4-10-24(25)29-22(3)27(32)34/h4-6,8-11,18,21H,7,12-17,19H2,1-3H3,(H,28,33). The average Bonchev–Trinajstić information content (AvgIpc) is 2.82. The number of carbonyl (C=O) groups excluding carboxylic acids is 1. The molecule has 0 saturated carbocycles. The minimum Gasteiger partial charge on any atom is -0.366 e. The second kappa shape index (κ2) is 10.8. The molecule has 180 valence electrons. The van der Waals surface area contributed by atoms with Crippen molar-refractivity contribution in [1.29, 1.82) is 0 Å². The van der Waals surface area contributed by atoms with Crippen LogP contribution in [0.2, 0.25) is 0 Å². The first-order chi connectivity index (χ1) is 16.4. The Hall–Kier alpha value is -3.19. The molecule has 0 aliphatic carbocycles. The van der Waals surface area contributed by atoms with Crippen molar-refractivity contribution in [1.82, 2.24) is 19.8 Å². The maximum atomic E-state index is 12.5. The summed E-state index contributed by atoms with van der Waals surface area (Å²) in [7, 11) is 0. The third-order valence-electron chi connectivity index (χ3n) is 6.60. The third-order valence-corrected chi connectivity index (χ3v) is 6.60. The van der Waals surface area contributed by atoms with E-state index >= 15 is 0 Å². The summed E-state index contributed by atoms with van der Waals surface area (Å²) in [6.45, 7) is 11.2. The molecule has 1 aromatic heterocycles. The van der Waals surface area contributed by atoms with E-state index in [2.05, 4.69) is 58.2 Å². The average molecular weight is 462 g/mol. The highest BCUT2D eigenvalue weighted by molar-refractivity contribution is 5.77. The van der Waals surface area contributed by atoms with Crippen LogP contribution in [-0.2, 0) is 11.3 Å². The van der Waals surface area contributed by atoms with Gasteiger partial charge in [0.05, 0.1) is 11.0 Å². The predicted octanol–water partition coefficient (Wildman–Crippen LogP) is 3.12. The molecule has 1 N–H and O–H groups in total. The van der Waals surface area contributed by atoms with Gasteiger partial charge in [-0.2, -0.15) is 0 Å². The number of amides is 1. The molecule has 0 bridgehead atoms. The maximum absolute atomic E-state index is 12.5. The Morgan fingerprint density at radius 1 is 1.09 bits per heavy atom. The molecular formula is C27H35N5O2. The highest BCUT2D eigenvalue weighted by Gasteiger charge is 2.23. The van der Waals surface area contributed by atoms with Crippen LogP contribution >= 0.6 is 0 Å². The second-order valence-corrected chi connectivity index (χ2v) is 9.28. The molecule has 3 aromatic rings. The zero-order valence-electron chi connectivity index (χ0n) is 20.5. The van der Waals surface area contributed by atoms with E-state index in [0.29, 0.717) is 24.8 Å². The molecule has 1 unspecified atom stereocenters. The van der Waals surface area contributed by atoms with Crippen molar-refractivity contribution in [3.63, 3.8) is 0 Å². The van der Waals surface area contributed by atoms with Crippen molar-refractivity contribution >= 4 is 22.6 Å². The summed E-state index contributed by atoms with van der Waals surface area (Å²) in [4.78, 5) is 34.3. The lowest BCUT2D eigenvalue weighted by atomic mass is 10.1. The third kappa shape index (κ3) is 5.65. The van der Waals surface area contributed by atoms with Gasteiger partial charge in [0.15, 0.2) is 0 Å². The molecule has 1 amide bonds. The molecule has 4 rings (SSSR count). The number of rotatable bonds is 8. The van der Waals surface area contributed by atoms with E-state index in [1.807, 2.05) is 24.3 Å². The molecule has 1 aliphatic heterocycles. The quantitative estimate of drug-likeness (QED) is 0.522. The molecule has 7 heteroatoms. The molecule has 1 saturated heterocycles. The van der Waals surface area contributed by atoms with Crippen LogP contribution in [0.3, 0.4) is 0 Å². The van der Waals surface area contributed by atoms with Crippen LogP contribution in [0.4, 0.5) is 5.69 Å². The van der Waals surface area contributed by atoms with E-state index in [1.165, 1.54) is 11.3 Å². The number of nitrogens with one attached hydrogen (secondary N) is 1. The zero-order valence-corrected chi connectivity index (χ0v) is 20.5. The largest absolute Gasteiger partial charge is 0.366 e. The van der Waals surface area contributed by atoms with Crippen molar-refractivity contribution < 1.29 is 4.79 Å². The van der Waals surface area contributed by atoms with Crippen molar-refractivity contribution in [2.24, 2.45) is 0 Å². The molecule has 1 aliphatic rings. The maximum Gasteiger partial charge on any atom is 0.272 e. The number of nitrogens with zero attached hydrogens (tertiary/aromatic N) is 4. The lowest BCUT2D eigenvalue weighted by molar-refractivity contribution is -0.121. The van der Waals surface area contributed by atoms with Crippen molar-refractivity contribution in [2.45, 2.75) is 46.2 Å². The number of aromatic nitrogens is 2. The molecule has 34 heavy (non-hydrogen) atoms. The van der Waals surface area contributed by atoms with E-state index in [1.54, 1.807) is 11.5 Å². The van der Waals surface area contributed by atoms with Gasteiger partial charge in [0.2, 0.25) is 5.91 Å². The molecule has 1 fully saturated rings. The molecule has 0 radical (unpaired) electrons. The first-order valence-corrected chi connectivity index (χ1v) is 12.2. The van der Waals surface area contributed by atoms with E-state index in [9.17, 15) is 9.59 Å². The van der Waals surface area contributed by atoms with Gasteiger partial charge >= 0.3 is 0 Å². The summed E-state index contributed by atoms with van der Waals surface area (Å²) in [6.07, 6.45) is 1.19. The molecular weight excluding hydrogens is 426 g/mol. The van der Waals surface area contributed by atoms with Crippen LogP contribution in [-0.4, -0.2) is 59.1 Å². The van der Waals surface area contributed by atoms with Gasteiger partial charge in [-0.3, -0.25) is 14.5 Å². The van der Waals surface area contributed by atoms with Crippen LogP contribution < -0.4 is 15.8 Å². The van der Waals surface area contributed by atoms with Crippen LogP contribution in [0.25, 0.3) is 11.0 Å². The minimum atomic E-state index is -0.134. The van der Waals surface area contributed by atoms with Gasteiger partial charge in [0.25, 0.3) is 5.56 Å². The highest BCUT2D eigenvalue weighted by Crippen LogP contribution is 2.21. The smallest absolute Gasteiger partial charge is 0.272 e. The Balaban J connectivity index is 1.20. The lowest BCUT2D eigenvalue weighted by Gasteiger charge is -2.41. The number of benzene rings is 2. The highest BCUT2D eigenvalue weighted by atomic mass is 16.2. The Kier molecular flexibility index (Phi) is 7.63. The van der Waals surface area contributed by atoms with Gasteiger partial charge < -0.3 is 14.8 Å². The van der Waals surface area contributed by atoms with Gasteiger partial charge in [-0.15, -0.1) is 0 Å². The summed E-state index contributed by atoms with van der Waals surface area (Å²) >= 11 is 0. The molecule has 2 aromatic carbocycles. The van der Waals surface area contributed by atoms with E-state index in [-0.39, 0.29) is 17.9 Å².